The van der Waals surface area contributed by atoms with Crippen LogP contribution in [0.5, 0.6) is 0 Å². The summed E-state index contributed by atoms with van der Waals surface area (Å²) < 4.78 is 5.09. The number of aromatic nitrogens is 2. The number of nitrogens with zero attached hydrogens (tertiary/aromatic N) is 4. The molecule has 4 aromatic rings. The fraction of sp³-hybridized carbons (Fsp3) is 0.381. The van der Waals surface area contributed by atoms with E-state index in [1.54, 1.807) is 19.3 Å². The van der Waals surface area contributed by atoms with Gasteiger partial charge in [-0.25, -0.2) is 0 Å². The van der Waals surface area contributed by atoms with Crippen molar-refractivity contribution in [2.24, 2.45) is 0 Å². The topological polar surface area (TPSA) is 134 Å². The second kappa shape index (κ2) is 16.6. The molecule has 2 saturated carbocycles. The minimum atomic E-state index is -0.296. The van der Waals surface area contributed by atoms with Crippen molar-refractivity contribution in [1.82, 2.24) is 19.8 Å². The summed E-state index contributed by atoms with van der Waals surface area (Å²) in [6.07, 6.45) is 8.69. The zero-order chi connectivity index (χ0) is 37.6. The predicted octanol–water partition coefficient (Wildman–Crippen LogP) is 6.65. The van der Waals surface area contributed by atoms with Crippen LogP contribution in [0.1, 0.15) is 98.8 Å². The molecule has 2 aliphatic carbocycles. The summed E-state index contributed by atoms with van der Waals surface area (Å²) in [5.74, 6) is -0.0534. The Morgan fingerprint density at radius 3 is 1.68 bits per heavy atom. The molecule has 0 bridgehead atoms. The van der Waals surface area contributed by atoms with Crippen LogP contribution in [0, 0.1) is 13.8 Å². The number of aldehydes is 1. The molecule has 11 heteroatoms. The molecule has 0 radical (unpaired) electrons. The molecule has 11 nitrogen and oxygen atoms in total. The maximum absolute atomic E-state index is 13.6. The molecule has 2 aromatic carbocycles. The van der Waals surface area contributed by atoms with Crippen molar-refractivity contribution in [3.8, 4) is 11.1 Å². The van der Waals surface area contributed by atoms with Crippen molar-refractivity contribution >= 4 is 35.4 Å². The van der Waals surface area contributed by atoms with Gasteiger partial charge in [-0.3, -0.25) is 34.2 Å². The first kappa shape index (κ1) is 37.5. The van der Waals surface area contributed by atoms with E-state index in [1.807, 2.05) is 86.3 Å². The zero-order valence-electron chi connectivity index (χ0n) is 31.2. The van der Waals surface area contributed by atoms with Crippen molar-refractivity contribution in [3.63, 3.8) is 0 Å². The summed E-state index contributed by atoms with van der Waals surface area (Å²) in [4.78, 5) is 63.0. The van der Waals surface area contributed by atoms with Gasteiger partial charge in [-0.1, -0.05) is 24.3 Å². The third kappa shape index (κ3) is 9.22. The van der Waals surface area contributed by atoms with Gasteiger partial charge in [0.1, 0.15) is 17.7 Å². The number of ether oxygens (including phenoxy) is 1. The van der Waals surface area contributed by atoms with Gasteiger partial charge < -0.3 is 20.2 Å². The van der Waals surface area contributed by atoms with Gasteiger partial charge in [-0.05, 0) is 141 Å². The lowest BCUT2D eigenvalue weighted by molar-refractivity contribution is -0.144. The molecular formula is C42H48N6O5. The minimum absolute atomic E-state index is 0.180. The number of rotatable bonds is 16. The molecule has 2 amide bonds. The maximum Gasteiger partial charge on any atom is 0.320 e. The summed E-state index contributed by atoms with van der Waals surface area (Å²) in [5.41, 5.74) is 9.95. The Hall–Kier alpha value is -5.26. The van der Waals surface area contributed by atoms with Crippen LogP contribution in [0.25, 0.3) is 11.1 Å². The number of carbonyl (C=O) groups excluding carboxylic acids is 4. The number of esters is 1. The first-order valence-corrected chi connectivity index (χ1v) is 18.3. The lowest BCUT2D eigenvalue weighted by atomic mass is 9.94. The normalized spacial score (nSPS) is 13.9. The molecule has 0 spiro atoms. The van der Waals surface area contributed by atoms with E-state index in [4.69, 9.17) is 4.74 Å². The molecule has 2 heterocycles. The quantitative estimate of drug-likeness (QED) is 0.0967. The number of anilines is 2. The Kier molecular flexibility index (Phi) is 11.7. The van der Waals surface area contributed by atoms with Crippen LogP contribution in [0.3, 0.4) is 0 Å². The molecule has 276 valence electrons. The van der Waals surface area contributed by atoms with Crippen LogP contribution in [0.2, 0.25) is 0 Å². The summed E-state index contributed by atoms with van der Waals surface area (Å²) in [6, 6.07) is 15.4. The Labute approximate surface area is 311 Å². The molecule has 2 aromatic heterocycles. The monoisotopic (exact) mass is 716 g/mol. The predicted molar refractivity (Wildman–Crippen MR) is 205 cm³/mol. The van der Waals surface area contributed by atoms with Gasteiger partial charge in [0, 0.05) is 36.9 Å². The summed E-state index contributed by atoms with van der Waals surface area (Å²) >= 11 is 0. The van der Waals surface area contributed by atoms with Gasteiger partial charge in [0.25, 0.3) is 11.8 Å². The van der Waals surface area contributed by atoms with Gasteiger partial charge >= 0.3 is 5.97 Å². The van der Waals surface area contributed by atoms with E-state index in [-0.39, 0.29) is 24.3 Å². The number of nitrogens with one attached hydrogen (secondary N) is 2. The summed E-state index contributed by atoms with van der Waals surface area (Å²) in [5, 5.41) is 6.16. The highest BCUT2D eigenvalue weighted by Crippen LogP contribution is 2.43. The van der Waals surface area contributed by atoms with E-state index in [0.717, 1.165) is 76.5 Å². The minimum Gasteiger partial charge on any atom is -0.465 e. The molecule has 6 rings (SSSR count). The van der Waals surface area contributed by atoms with Crippen molar-refractivity contribution in [1.29, 1.82) is 0 Å². The van der Waals surface area contributed by atoms with Crippen LogP contribution >= 0.6 is 0 Å². The van der Waals surface area contributed by atoms with Crippen molar-refractivity contribution in [2.75, 3.05) is 44.4 Å². The average molecular weight is 717 g/mol. The van der Waals surface area contributed by atoms with Gasteiger partial charge in [-0.2, -0.15) is 0 Å². The summed E-state index contributed by atoms with van der Waals surface area (Å²) in [7, 11) is 3.77. The largest absolute Gasteiger partial charge is 0.465 e. The fourth-order valence-electron chi connectivity index (χ4n) is 6.81. The van der Waals surface area contributed by atoms with Crippen LogP contribution in [0.4, 0.5) is 11.4 Å². The van der Waals surface area contributed by atoms with Crippen molar-refractivity contribution in [2.45, 2.75) is 71.4 Å². The van der Waals surface area contributed by atoms with Crippen LogP contribution < -0.4 is 10.6 Å². The number of benzene rings is 2. The molecular weight excluding hydrogens is 668 g/mol. The molecule has 2 N–H and O–H groups in total. The van der Waals surface area contributed by atoms with Crippen molar-refractivity contribution in [3.05, 3.63) is 106 Å². The van der Waals surface area contributed by atoms with E-state index in [1.165, 1.54) is 0 Å². The molecule has 0 aliphatic heterocycles. The Balaban J connectivity index is 1.17. The Morgan fingerprint density at radius 2 is 1.25 bits per heavy atom. The van der Waals surface area contributed by atoms with Crippen LogP contribution in [-0.4, -0.2) is 77.6 Å². The van der Waals surface area contributed by atoms with Crippen LogP contribution in [-0.2, 0) is 27.4 Å². The third-order valence-corrected chi connectivity index (χ3v) is 9.97. The fourth-order valence-corrected chi connectivity index (χ4v) is 6.81. The van der Waals surface area contributed by atoms with E-state index >= 15 is 0 Å². The molecule has 2 fully saturated rings. The highest BCUT2D eigenvalue weighted by molar-refractivity contribution is 6.05. The van der Waals surface area contributed by atoms with Gasteiger partial charge in [0.2, 0.25) is 0 Å². The number of hydrogen-bond donors (Lipinski definition) is 2. The van der Waals surface area contributed by atoms with E-state index in [2.05, 4.69) is 20.6 Å². The third-order valence-electron chi connectivity index (χ3n) is 9.97. The van der Waals surface area contributed by atoms with E-state index < -0.39 is 0 Å². The second-order valence-corrected chi connectivity index (χ2v) is 14.3. The first-order chi connectivity index (χ1) is 25.6. The molecule has 2 aliphatic rings. The number of carbonyl (C=O) groups is 4. The number of hydrogen-bond acceptors (Lipinski definition) is 9. The number of likely N-dealkylation sites (N-methyl/N-ethyl adjacent to an activating group) is 2. The maximum atomic E-state index is 13.6. The standard InChI is InChI=1S/C42H48N6O5/c1-6-53-40(50)25-48(5)24-31-22-44-39(20-35(31)29-15-16-29)42(52)46-37-12-8-10-33(27(37)3)32-9-7-11-36(26(32)2)45-41(51)38-19-34(28-13-14-28)30(21-43-38)23-47(4)17-18-49/h7-12,18-22,28-29H,6,13-17,23-25H2,1-5H3,(H,45,51)(H,46,52). The highest BCUT2D eigenvalue weighted by Gasteiger charge is 2.29. The van der Waals surface area contributed by atoms with Crippen molar-refractivity contribution < 1.29 is 23.9 Å². The number of pyridine rings is 2. The Morgan fingerprint density at radius 1 is 0.774 bits per heavy atom. The molecule has 0 saturated heterocycles. The first-order valence-electron chi connectivity index (χ1n) is 18.3. The van der Waals surface area contributed by atoms with E-state index in [0.29, 0.717) is 60.8 Å². The molecule has 0 atom stereocenters. The van der Waals surface area contributed by atoms with Gasteiger partial charge in [-0.15, -0.1) is 0 Å². The SMILES string of the molecule is CCOC(=O)CN(C)Cc1cnc(C(=O)Nc2cccc(-c3cccc(NC(=O)c4cc(C5CC5)c(CN(C)CC=O)cn4)c3C)c2C)cc1C1CC1. The lowest BCUT2D eigenvalue weighted by Gasteiger charge is -2.19. The van der Waals surface area contributed by atoms with E-state index in [9.17, 15) is 19.2 Å². The zero-order valence-corrected chi connectivity index (χ0v) is 31.2. The lowest BCUT2D eigenvalue weighted by Crippen LogP contribution is -2.27. The Bertz CT molecular complexity index is 2020. The van der Waals surface area contributed by atoms with Crippen LogP contribution in [0.15, 0.2) is 60.9 Å². The average Bonchev–Trinajstić information content (AvgIpc) is 4.06. The smallest absolute Gasteiger partial charge is 0.320 e. The number of amides is 2. The molecule has 53 heavy (non-hydrogen) atoms. The highest BCUT2D eigenvalue weighted by atomic mass is 16.5. The second-order valence-electron chi connectivity index (χ2n) is 14.3. The molecule has 0 unspecified atom stereocenters. The van der Waals surface area contributed by atoms with Gasteiger partial charge in [0.15, 0.2) is 0 Å². The summed E-state index contributed by atoms with van der Waals surface area (Å²) in [6.45, 7) is 7.73. The van der Waals surface area contributed by atoms with Gasteiger partial charge in [0.05, 0.1) is 19.7 Å².